The molecule has 0 spiro atoms. The SMILES string of the molecule is NCC1(c2ccoc2)CCC(O)CC1. The second kappa shape index (κ2) is 3.75. The summed E-state index contributed by atoms with van der Waals surface area (Å²) in [6.07, 6.45) is 6.96. The maximum Gasteiger partial charge on any atom is 0.0940 e. The van der Waals surface area contributed by atoms with E-state index in [1.54, 1.807) is 12.5 Å². The monoisotopic (exact) mass is 195 g/mol. The molecule has 3 N–H and O–H groups in total. The first kappa shape index (κ1) is 9.74. The van der Waals surface area contributed by atoms with Crippen molar-refractivity contribution in [3.63, 3.8) is 0 Å². The number of nitrogens with two attached hydrogens (primary N) is 1. The van der Waals surface area contributed by atoms with Crippen molar-refractivity contribution in [3.8, 4) is 0 Å². The highest BCUT2D eigenvalue weighted by Crippen LogP contribution is 2.38. The van der Waals surface area contributed by atoms with Crippen LogP contribution in [0.25, 0.3) is 0 Å². The summed E-state index contributed by atoms with van der Waals surface area (Å²) < 4.78 is 5.10. The maximum atomic E-state index is 9.47. The summed E-state index contributed by atoms with van der Waals surface area (Å²) in [4.78, 5) is 0. The molecule has 3 heteroatoms. The quantitative estimate of drug-likeness (QED) is 0.750. The Bertz CT molecular complexity index is 273. The standard InChI is InChI=1S/C11H17NO2/c12-8-11(9-3-6-14-7-9)4-1-10(13)2-5-11/h3,6-7,10,13H,1-2,4-5,8,12H2. The van der Waals surface area contributed by atoms with Crippen LogP contribution in [-0.2, 0) is 5.41 Å². The molecule has 1 aliphatic rings. The Hall–Kier alpha value is -0.800. The van der Waals surface area contributed by atoms with Crippen molar-refractivity contribution in [2.75, 3.05) is 6.54 Å². The third-order valence-corrected chi connectivity index (χ3v) is 3.44. The van der Waals surface area contributed by atoms with Gasteiger partial charge in [-0.3, -0.25) is 0 Å². The van der Waals surface area contributed by atoms with Crippen LogP contribution in [0.5, 0.6) is 0 Å². The molecule has 0 aromatic carbocycles. The van der Waals surface area contributed by atoms with Crippen LogP contribution < -0.4 is 5.73 Å². The number of furan rings is 1. The molecule has 1 fully saturated rings. The average molecular weight is 195 g/mol. The van der Waals surface area contributed by atoms with Crippen LogP contribution in [0.1, 0.15) is 31.2 Å². The Morgan fingerprint density at radius 1 is 1.50 bits per heavy atom. The zero-order valence-corrected chi connectivity index (χ0v) is 8.28. The first-order valence-electron chi connectivity index (χ1n) is 5.18. The van der Waals surface area contributed by atoms with Gasteiger partial charge in [-0.2, -0.15) is 0 Å². The van der Waals surface area contributed by atoms with Gasteiger partial charge in [0.25, 0.3) is 0 Å². The smallest absolute Gasteiger partial charge is 0.0940 e. The molecule has 1 heterocycles. The van der Waals surface area contributed by atoms with Crippen molar-refractivity contribution in [1.82, 2.24) is 0 Å². The van der Waals surface area contributed by atoms with Gasteiger partial charge in [0, 0.05) is 12.0 Å². The molecule has 2 rings (SSSR count). The van der Waals surface area contributed by atoms with Gasteiger partial charge in [0.2, 0.25) is 0 Å². The van der Waals surface area contributed by atoms with Crippen molar-refractivity contribution in [2.45, 2.75) is 37.2 Å². The van der Waals surface area contributed by atoms with Crippen molar-refractivity contribution < 1.29 is 9.52 Å². The molecule has 1 saturated carbocycles. The van der Waals surface area contributed by atoms with Crippen LogP contribution >= 0.6 is 0 Å². The highest BCUT2D eigenvalue weighted by Gasteiger charge is 2.35. The van der Waals surface area contributed by atoms with Gasteiger partial charge >= 0.3 is 0 Å². The number of rotatable bonds is 2. The highest BCUT2D eigenvalue weighted by molar-refractivity contribution is 5.22. The fourth-order valence-electron chi connectivity index (χ4n) is 2.33. The molecule has 0 bridgehead atoms. The van der Waals surface area contributed by atoms with Crippen LogP contribution in [0.2, 0.25) is 0 Å². The lowest BCUT2D eigenvalue weighted by atomic mass is 9.69. The lowest BCUT2D eigenvalue weighted by Crippen LogP contribution is -2.39. The fraction of sp³-hybridized carbons (Fsp3) is 0.636. The van der Waals surface area contributed by atoms with Crippen LogP contribution in [0.3, 0.4) is 0 Å². The molecule has 1 aromatic rings. The van der Waals surface area contributed by atoms with Gasteiger partial charge in [-0.15, -0.1) is 0 Å². The molecule has 0 unspecified atom stereocenters. The third-order valence-electron chi connectivity index (χ3n) is 3.44. The van der Waals surface area contributed by atoms with Gasteiger partial charge in [0.1, 0.15) is 0 Å². The van der Waals surface area contributed by atoms with Crippen LogP contribution in [0.4, 0.5) is 0 Å². The number of aliphatic hydroxyl groups is 1. The van der Waals surface area contributed by atoms with E-state index >= 15 is 0 Å². The van der Waals surface area contributed by atoms with E-state index in [0.29, 0.717) is 6.54 Å². The lowest BCUT2D eigenvalue weighted by Gasteiger charge is -2.37. The predicted octanol–water partition coefficient (Wildman–Crippen LogP) is 1.41. The first-order chi connectivity index (χ1) is 6.77. The molecule has 0 atom stereocenters. The number of hydrogen-bond donors (Lipinski definition) is 2. The van der Waals surface area contributed by atoms with Gasteiger partial charge in [0.15, 0.2) is 0 Å². The summed E-state index contributed by atoms with van der Waals surface area (Å²) in [6.45, 7) is 0.638. The summed E-state index contributed by atoms with van der Waals surface area (Å²) in [5.41, 5.74) is 7.09. The van der Waals surface area contributed by atoms with E-state index in [4.69, 9.17) is 10.2 Å². The Morgan fingerprint density at radius 3 is 2.71 bits per heavy atom. The molecule has 0 radical (unpaired) electrons. The zero-order valence-electron chi connectivity index (χ0n) is 8.28. The van der Waals surface area contributed by atoms with Gasteiger partial charge in [-0.25, -0.2) is 0 Å². The molecular weight excluding hydrogens is 178 g/mol. The summed E-state index contributed by atoms with van der Waals surface area (Å²) in [6, 6.07) is 1.99. The minimum absolute atomic E-state index is 0.0478. The molecule has 0 amide bonds. The maximum absolute atomic E-state index is 9.47. The Morgan fingerprint density at radius 2 is 2.21 bits per heavy atom. The van der Waals surface area contributed by atoms with Gasteiger partial charge in [0.05, 0.1) is 18.6 Å². The van der Waals surface area contributed by atoms with Crippen LogP contribution in [-0.4, -0.2) is 17.8 Å². The van der Waals surface area contributed by atoms with E-state index in [-0.39, 0.29) is 11.5 Å². The van der Waals surface area contributed by atoms with Gasteiger partial charge < -0.3 is 15.3 Å². The normalized spacial score (nSPS) is 33.1. The topological polar surface area (TPSA) is 59.4 Å². The molecule has 1 aromatic heterocycles. The number of hydrogen-bond acceptors (Lipinski definition) is 3. The summed E-state index contributed by atoms with van der Waals surface area (Å²) >= 11 is 0. The van der Waals surface area contributed by atoms with E-state index in [2.05, 4.69) is 0 Å². The highest BCUT2D eigenvalue weighted by atomic mass is 16.3. The average Bonchev–Trinajstić information content (AvgIpc) is 2.73. The van der Waals surface area contributed by atoms with E-state index in [1.165, 1.54) is 5.56 Å². The second-order valence-electron chi connectivity index (χ2n) is 4.23. The molecule has 0 saturated heterocycles. The fourth-order valence-corrected chi connectivity index (χ4v) is 2.33. The lowest BCUT2D eigenvalue weighted by molar-refractivity contribution is 0.0972. The van der Waals surface area contributed by atoms with Gasteiger partial charge in [-0.05, 0) is 37.3 Å². The minimum Gasteiger partial charge on any atom is -0.472 e. The van der Waals surface area contributed by atoms with E-state index < -0.39 is 0 Å². The van der Waals surface area contributed by atoms with Crippen molar-refractivity contribution in [1.29, 1.82) is 0 Å². The summed E-state index contributed by atoms with van der Waals surface area (Å²) in [5, 5.41) is 9.47. The van der Waals surface area contributed by atoms with E-state index in [9.17, 15) is 5.11 Å². The predicted molar refractivity (Wildman–Crippen MR) is 53.9 cm³/mol. The van der Waals surface area contributed by atoms with Crippen molar-refractivity contribution >= 4 is 0 Å². The minimum atomic E-state index is -0.137. The molecular formula is C11H17NO2. The van der Waals surface area contributed by atoms with E-state index in [0.717, 1.165) is 25.7 Å². The molecule has 14 heavy (non-hydrogen) atoms. The summed E-state index contributed by atoms with van der Waals surface area (Å²) in [5.74, 6) is 0. The molecule has 1 aliphatic carbocycles. The van der Waals surface area contributed by atoms with E-state index in [1.807, 2.05) is 6.07 Å². The summed E-state index contributed by atoms with van der Waals surface area (Å²) in [7, 11) is 0. The Labute approximate surface area is 83.9 Å². The second-order valence-corrected chi connectivity index (χ2v) is 4.23. The van der Waals surface area contributed by atoms with Gasteiger partial charge in [-0.1, -0.05) is 0 Å². The van der Waals surface area contributed by atoms with Crippen molar-refractivity contribution in [3.05, 3.63) is 24.2 Å². The molecule has 3 nitrogen and oxygen atoms in total. The Kier molecular flexibility index (Phi) is 2.61. The zero-order chi connectivity index (χ0) is 10.0. The first-order valence-corrected chi connectivity index (χ1v) is 5.18. The Balaban J connectivity index is 2.19. The van der Waals surface area contributed by atoms with Crippen LogP contribution in [0.15, 0.2) is 23.0 Å². The third kappa shape index (κ3) is 1.57. The largest absolute Gasteiger partial charge is 0.472 e. The molecule has 0 aliphatic heterocycles. The molecule has 78 valence electrons. The van der Waals surface area contributed by atoms with Crippen LogP contribution in [0, 0.1) is 0 Å². The van der Waals surface area contributed by atoms with Crippen molar-refractivity contribution in [2.24, 2.45) is 5.73 Å². The number of aliphatic hydroxyl groups excluding tert-OH is 1.